The highest BCUT2D eigenvalue weighted by Crippen LogP contribution is 2.37. The second kappa shape index (κ2) is 15.7. The summed E-state index contributed by atoms with van der Waals surface area (Å²) in [5.74, 6) is -3.05. The van der Waals surface area contributed by atoms with E-state index in [-0.39, 0.29) is 43.6 Å². The number of likely N-dealkylation sites (N-methyl/N-ethyl adjacent to an activating group) is 1. The van der Waals surface area contributed by atoms with Crippen molar-refractivity contribution in [1.29, 1.82) is 0 Å². The topological polar surface area (TPSA) is 77.7 Å². The number of aromatic nitrogens is 1. The lowest BCUT2D eigenvalue weighted by molar-refractivity contribution is -0.130. The van der Waals surface area contributed by atoms with E-state index in [0.29, 0.717) is 12.1 Å². The largest absolute Gasteiger partial charge is 0.349 e. The minimum atomic E-state index is -2.63. The van der Waals surface area contributed by atoms with Crippen molar-refractivity contribution < 1.29 is 13.6 Å². The number of alkyl halides is 2. The van der Waals surface area contributed by atoms with Crippen molar-refractivity contribution in [3.63, 3.8) is 0 Å². The summed E-state index contributed by atoms with van der Waals surface area (Å²) in [4.78, 5) is 25.8. The molecule has 3 N–H and O–H groups in total. The zero-order chi connectivity index (χ0) is 30.9. The zero-order valence-electron chi connectivity index (χ0n) is 26.5. The van der Waals surface area contributed by atoms with E-state index in [1.54, 1.807) is 0 Å². The number of halogens is 2. The molecule has 3 aliphatic rings. The summed E-state index contributed by atoms with van der Waals surface area (Å²) in [7, 11) is 2.24. The van der Waals surface area contributed by atoms with E-state index in [1.807, 2.05) is 24.4 Å². The number of unbranched alkanes of at least 4 members (excludes halogenated alkanes) is 1. The number of piperazine rings is 1. The Labute approximate surface area is 262 Å². The Balaban J connectivity index is 1.22. The molecular formula is C35H52F2N6O. The van der Waals surface area contributed by atoms with Gasteiger partial charge in [0, 0.05) is 63.7 Å². The lowest BCUT2D eigenvalue weighted by atomic mass is 9.86. The van der Waals surface area contributed by atoms with E-state index in [1.165, 1.54) is 17.7 Å². The van der Waals surface area contributed by atoms with E-state index < -0.39 is 5.92 Å². The molecule has 2 fully saturated rings. The standard InChI is InChI=1S/C35H52F2N6O/c1-41-23-24-42(22-16-31(27-9-3-2-4-10-27)40-34(44)29-14-17-35(36,37)18-15-29)25-30(41)26-43(21-6-5-19-38)32-13-7-11-28-12-8-20-39-33(28)32/h2-4,8-10,12,20,29-32H,5-7,11,13-19,21-26,38H2,1H3,(H,40,44)/t30-,31-,32?/m0/s1. The fourth-order valence-corrected chi connectivity index (χ4v) is 7.37. The smallest absolute Gasteiger partial charge is 0.248 e. The van der Waals surface area contributed by atoms with Gasteiger partial charge in [0.15, 0.2) is 0 Å². The van der Waals surface area contributed by atoms with Gasteiger partial charge in [0.25, 0.3) is 0 Å². The van der Waals surface area contributed by atoms with E-state index in [0.717, 1.165) is 83.5 Å². The first-order valence-corrected chi connectivity index (χ1v) is 16.9. The van der Waals surface area contributed by atoms with Crippen LogP contribution in [-0.4, -0.2) is 90.4 Å². The van der Waals surface area contributed by atoms with Gasteiger partial charge in [-0.2, -0.15) is 0 Å². The van der Waals surface area contributed by atoms with Crippen LogP contribution in [0.15, 0.2) is 48.7 Å². The molecule has 1 aliphatic heterocycles. The van der Waals surface area contributed by atoms with Crippen molar-refractivity contribution in [1.82, 2.24) is 25.0 Å². The maximum Gasteiger partial charge on any atom is 0.248 e. The number of hydrogen-bond donors (Lipinski definition) is 2. The number of carbonyl (C=O) groups is 1. The summed E-state index contributed by atoms with van der Waals surface area (Å²) in [5.41, 5.74) is 9.59. The maximum absolute atomic E-state index is 13.7. The molecule has 242 valence electrons. The molecule has 1 unspecified atom stereocenters. The minimum Gasteiger partial charge on any atom is -0.349 e. The summed E-state index contributed by atoms with van der Waals surface area (Å²) in [5, 5.41) is 3.26. The number of hydrogen-bond acceptors (Lipinski definition) is 6. The normalized spacial score (nSPS) is 23.8. The Morgan fingerprint density at radius 2 is 1.91 bits per heavy atom. The zero-order valence-corrected chi connectivity index (χ0v) is 26.5. The number of aryl methyl sites for hydroxylation is 1. The number of pyridine rings is 1. The van der Waals surface area contributed by atoms with Crippen LogP contribution in [-0.2, 0) is 11.2 Å². The Morgan fingerprint density at radius 3 is 2.68 bits per heavy atom. The SMILES string of the molecule is CN1CCN(CC[C@H](NC(=O)C2CCC(F)(F)CC2)c2ccccc2)C[C@H]1CN(CCCCN)C1CCCc2cccnc21. The molecule has 0 spiro atoms. The highest BCUT2D eigenvalue weighted by molar-refractivity contribution is 5.79. The van der Waals surface area contributed by atoms with E-state index >= 15 is 0 Å². The molecule has 2 aliphatic carbocycles. The summed E-state index contributed by atoms with van der Waals surface area (Å²) < 4.78 is 27.5. The van der Waals surface area contributed by atoms with Crippen molar-refractivity contribution in [2.45, 2.75) is 88.3 Å². The predicted molar refractivity (Wildman–Crippen MR) is 171 cm³/mol. The van der Waals surface area contributed by atoms with Gasteiger partial charge in [-0.3, -0.25) is 19.6 Å². The average molecular weight is 611 g/mol. The van der Waals surface area contributed by atoms with Crippen molar-refractivity contribution in [3.8, 4) is 0 Å². The molecule has 1 saturated carbocycles. The van der Waals surface area contributed by atoms with Crippen LogP contribution in [0.25, 0.3) is 0 Å². The molecular weight excluding hydrogens is 558 g/mol. The molecule has 7 nitrogen and oxygen atoms in total. The lowest BCUT2D eigenvalue weighted by Gasteiger charge is -2.44. The van der Waals surface area contributed by atoms with Crippen LogP contribution in [0, 0.1) is 5.92 Å². The van der Waals surface area contributed by atoms with Gasteiger partial charge < -0.3 is 16.0 Å². The molecule has 44 heavy (non-hydrogen) atoms. The van der Waals surface area contributed by atoms with E-state index in [4.69, 9.17) is 10.7 Å². The highest BCUT2D eigenvalue weighted by Gasteiger charge is 2.38. The van der Waals surface area contributed by atoms with E-state index in [9.17, 15) is 13.6 Å². The second-order valence-electron chi connectivity index (χ2n) is 13.3. The van der Waals surface area contributed by atoms with Gasteiger partial charge in [0.2, 0.25) is 11.8 Å². The first-order valence-electron chi connectivity index (χ1n) is 16.9. The summed E-state index contributed by atoms with van der Waals surface area (Å²) >= 11 is 0. The molecule has 1 saturated heterocycles. The Kier molecular flexibility index (Phi) is 11.7. The number of nitrogens with two attached hydrogens (primary N) is 1. The van der Waals surface area contributed by atoms with Crippen LogP contribution in [0.4, 0.5) is 8.78 Å². The first kappa shape index (κ1) is 32.9. The predicted octanol–water partition coefficient (Wildman–Crippen LogP) is 5.19. The number of rotatable bonds is 13. The Bertz CT molecular complexity index is 1170. The summed E-state index contributed by atoms with van der Waals surface area (Å²) in [6.45, 7) is 6.56. The van der Waals surface area contributed by atoms with Gasteiger partial charge in [-0.05, 0) is 88.7 Å². The number of nitrogens with zero attached hydrogens (tertiary/aromatic N) is 4. The fourth-order valence-electron chi connectivity index (χ4n) is 7.37. The van der Waals surface area contributed by atoms with Crippen molar-refractivity contribution in [3.05, 3.63) is 65.5 Å². The van der Waals surface area contributed by atoms with Gasteiger partial charge in [-0.15, -0.1) is 0 Å². The van der Waals surface area contributed by atoms with Gasteiger partial charge in [-0.1, -0.05) is 36.4 Å². The molecule has 1 aromatic carbocycles. The Hall–Kier alpha value is -2.46. The number of amides is 1. The first-order chi connectivity index (χ1) is 21.3. The average Bonchev–Trinajstić information content (AvgIpc) is 3.04. The molecule has 1 amide bonds. The molecule has 5 rings (SSSR count). The number of benzene rings is 1. The van der Waals surface area contributed by atoms with Gasteiger partial charge in [0.05, 0.1) is 17.8 Å². The Morgan fingerprint density at radius 1 is 1.11 bits per heavy atom. The molecule has 1 aromatic heterocycles. The third kappa shape index (κ3) is 8.83. The maximum atomic E-state index is 13.7. The molecule has 0 radical (unpaired) electrons. The van der Waals surface area contributed by atoms with Crippen LogP contribution in [0.2, 0.25) is 0 Å². The monoisotopic (exact) mass is 610 g/mol. The van der Waals surface area contributed by atoms with Crippen LogP contribution in [0.3, 0.4) is 0 Å². The van der Waals surface area contributed by atoms with Crippen LogP contribution >= 0.6 is 0 Å². The molecule has 3 atom stereocenters. The van der Waals surface area contributed by atoms with E-state index in [2.05, 4.69) is 51.3 Å². The quantitative estimate of drug-likeness (QED) is 0.304. The van der Waals surface area contributed by atoms with Gasteiger partial charge in [-0.25, -0.2) is 8.78 Å². The summed E-state index contributed by atoms with van der Waals surface area (Å²) in [6.07, 6.45) is 8.40. The van der Waals surface area contributed by atoms with Gasteiger partial charge >= 0.3 is 0 Å². The highest BCUT2D eigenvalue weighted by atomic mass is 19.3. The molecule has 0 bridgehead atoms. The fraction of sp³-hybridized carbons (Fsp3) is 0.657. The third-order valence-electron chi connectivity index (χ3n) is 10.2. The van der Waals surface area contributed by atoms with Crippen LogP contribution in [0.1, 0.15) is 86.7 Å². The minimum absolute atomic E-state index is 0.0832. The lowest BCUT2D eigenvalue weighted by Crippen LogP contribution is -2.56. The van der Waals surface area contributed by atoms with Crippen molar-refractivity contribution >= 4 is 5.91 Å². The van der Waals surface area contributed by atoms with Crippen molar-refractivity contribution in [2.75, 3.05) is 52.9 Å². The van der Waals surface area contributed by atoms with Crippen molar-refractivity contribution in [2.24, 2.45) is 11.7 Å². The second-order valence-corrected chi connectivity index (χ2v) is 13.3. The summed E-state index contributed by atoms with van der Waals surface area (Å²) in [6, 6.07) is 15.0. The molecule has 2 heterocycles. The number of fused-ring (bicyclic) bond motifs is 1. The van der Waals surface area contributed by atoms with Crippen LogP contribution in [0.5, 0.6) is 0 Å². The molecule has 2 aromatic rings. The third-order valence-corrected chi connectivity index (χ3v) is 10.2. The van der Waals surface area contributed by atoms with Gasteiger partial charge in [0.1, 0.15) is 0 Å². The number of nitrogens with one attached hydrogen (secondary N) is 1. The number of carbonyl (C=O) groups excluding carboxylic acids is 1. The van der Waals surface area contributed by atoms with Crippen LogP contribution < -0.4 is 11.1 Å². The molecule has 9 heteroatoms.